The summed E-state index contributed by atoms with van der Waals surface area (Å²) in [5.41, 5.74) is 4.61. The number of aromatic nitrogens is 1. The van der Waals surface area contributed by atoms with Crippen LogP contribution in [-0.2, 0) is 16.1 Å². The lowest BCUT2D eigenvalue weighted by molar-refractivity contribution is -0.121. The molecular formula is C27H26N4O5. The lowest BCUT2D eigenvalue weighted by Crippen LogP contribution is -2.30. The number of carbonyl (C=O) groups is 2. The fourth-order valence-electron chi connectivity index (χ4n) is 3.56. The third kappa shape index (κ3) is 6.28. The number of hydrazone groups is 1. The van der Waals surface area contributed by atoms with Crippen LogP contribution >= 0.6 is 0 Å². The minimum absolute atomic E-state index is 0.123. The summed E-state index contributed by atoms with van der Waals surface area (Å²) >= 11 is 0. The van der Waals surface area contributed by atoms with Gasteiger partial charge in [0.25, 0.3) is 5.91 Å². The molecule has 184 valence electrons. The molecule has 0 unspecified atom stereocenters. The van der Waals surface area contributed by atoms with E-state index in [4.69, 9.17) is 9.47 Å². The van der Waals surface area contributed by atoms with Gasteiger partial charge in [0.2, 0.25) is 5.91 Å². The molecule has 9 heteroatoms. The van der Waals surface area contributed by atoms with Crippen molar-refractivity contribution in [3.05, 3.63) is 90.1 Å². The van der Waals surface area contributed by atoms with Crippen molar-refractivity contribution in [2.75, 3.05) is 20.3 Å². The van der Waals surface area contributed by atoms with E-state index in [-0.39, 0.29) is 24.1 Å². The lowest BCUT2D eigenvalue weighted by atomic mass is 10.2. The minimum atomic E-state index is -0.372. The number of aromatic hydroxyl groups is 1. The number of nitrogens with zero attached hydrogens (tertiary/aromatic N) is 2. The predicted molar refractivity (Wildman–Crippen MR) is 137 cm³/mol. The zero-order chi connectivity index (χ0) is 25.3. The Bertz CT molecular complexity index is 1360. The van der Waals surface area contributed by atoms with Gasteiger partial charge in [-0.05, 0) is 54.6 Å². The summed E-state index contributed by atoms with van der Waals surface area (Å²) in [7, 11) is 1.58. The normalized spacial score (nSPS) is 11.0. The fraction of sp³-hybridized carbons (Fsp3) is 0.148. The highest BCUT2D eigenvalue weighted by molar-refractivity contribution is 6.01. The number of ether oxygens (including phenoxy) is 2. The van der Waals surface area contributed by atoms with Crippen LogP contribution < -0.4 is 15.5 Å². The Balaban J connectivity index is 1.39. The topological polar surface area (TPSA) is 114 Å². The summed E-state index contributed by atoms with van der Waals surface area (Å²) in [6.07, 6.45) is 3.38. The molecule has 3 N–H and O–H groups in total. The van der Waals surface area contributed by atoms with E-state index < -0.39 is 0 Å². The molecule has 0 bridgehead atoms. The van der Waals surface area contributed by atoms with Crippen molar-refractivity contribution in [1.82, 2.24) is 15.3 Å². The van der Waals surface area contributed by atoms with Crippen LogP contribution in [0.1, 0.15) is 15.9 Å². The first-order valence-electron chi connectivity index (χ1n) is 11.3. The Morgan fingerprint density at radius 3 is 2.42 bits per heavy atom. The summed E-state index contributed by atoms with van der Waals surface area (Å²) in [5, 5.41) is 17.2. The number of para-hydroxylation sites is 1. The van der Waals surface area contributed by atoms with Crippen LogP contribution in [0.3, 0.4) is 0 Å². The molecule has 9 nitrogen and oxygen atoms in total. The second kappa shape index (κ2) is 11.7. The van der Waals surface area contributed by atoms with Crippen LogP contribution in [0, 0.1) is 0 Å². The first-order valence-corrected chi connectivity index (χ1v) is 11.3. The Kier molecular flexibility index (Phi) is 7.94. The van der Waals surface area contributed by atoms with Gasteiger partial charge < -0.3 is 24.5 Å². The molecule has 0 spiro atoms. The Morgan fingerprint density at radius 2 is 1.69 bits per heavy atom. The van der Waals surface area contributed by atoms with Crippen LogP contribution in [0.15, 0.2) is 84.1 Å². The van der Waals surface area contributed by atoms with Gasteiger partial charge in [-0.15, -0.1) is 0 Å². The van der Waals surface area contributed by atoms with E-state index in [1.54, 1.807) is 49.7 Å². The van der Waals surface area contributed by atoms with E-state index >= 15 is 0 Å². The average Bonchev–Trinajstić information content (AvgIpc) is 3.23. The number of phenolic OH excluding ortho intramolecular Hbond substituents is 1. The summed E-state index contributed by atoms with van der Waals surface area (Å²) in [4.78, 5) is 24.8. The Hall–Kier alpha value is -4.63. The van der Waals surface area contributed by atoms with E-state index in [0.29, 0.717) is 30.2 Å². The molecule has 0 radical (unpaired) electrons. The average molecular weight is 487 g/mol. The van der Waals surface area contributed by atoms with Crippen LogP contribution in [0.2, 0.25) is 0 Å². The Labute approximate surface area is 208 Å². The number of amides is 2. The maximum absolute atomic E-state index is 12.5. The SMILES string of the molecule is COCCNC(=O)Cn1cc(/C=N/NC(=O)c2ccc(Oc3ccc(O)cc3)cc2)c2ccccc21. The number of hydrogen-bond donors (Lipinski definition) is 3. The van der Waals surface area contributed by atoms with Crippen molar-refractivity contribution in [3.8, 4) is 17.2 Å². The molecule has 0 saturated carbocycles. The monoisotopic (exact) mass is 486 g/mol. The molecule has 0 aliphatic rings. The van der Waals surface area contributed by atoms with Crippen LogP contribution in [-0.4, -0.2) is 48.0 Å². The second-order valence-electron chi connectivity index (χ2n) is 7.89. The van der Waals surface area contributed by atoms with Crippen LogP contribution in [0.5, 0.6) is 17.2 Å². The van der Waals surface area contributed by atoms with Gasteiger partial charge in [-0.25, -0.2) is 5.43 Å². The standard InChI is InChI=1S/C27H26N4O5/c1-35-15-14-28-26(33)18-31-17-20(24-4-2-3-5-25(24)31)16-29-30-27(34)19-6-10-22(11-7-19)36-23-12-8-21(32)9-13-23/h2-13,16-17,32H,14-15,18H2,1H3,(H,28,33)(H,30,34)/b29-16+. The highest BCUT2D eigenvalue weighted by Crippen LogP contribution is 2.24. The largest absolute Gasteiger partial charge is 0.508 e. The Morgan fingerprint density at radius 1 is 1.00 bits per heavy atom. The smallest absolute Gasteiger partial charge is 0.271 e. The van der Waals surface area contributed by atoms with Gasteiger partial charge in [0.15, 0.2) is 0 Å². The van der Waals surface area contributed by atoms with Gasteiger partial charge in [-0.3, -0.25) is 9.59 Å². The summed E-state index contributed by atoms with van der Waals surface area (Å²) < 4.78 is 12.5. The number of fused-ring (bicyclic) bond motifs is 1. The van der Waals surface area contributed by atoms with Gasteiger partial charge in [-0.1, -0.05) is 18.2 Å². The molecule has 2 amide bonds. The zero-order valence-corrected chi connectivity index (χ0v) is 19.7. The number of methoxy groups -OCH3 is 1. The van der Waals surface area contributed by atoms with Gasteiger partial charge in [0.1, 0.15) is 23.8 Å². The maximum atomic E-state index is 12.5. The first kappa shape index (κ1) is 24.5. The number of hydrogen-bond acceptors (Lipinski definition) is 6. The number of carbonyl (C=O) groups excluding carboxylic acids is 2. The van der Waals surface area contributed by atoms with E-state index in [9.17, 15) is 14.7 Å². The molecule has 0 aliphatic carbocycles. The van der Waals surface area contributed by atoms with Gasteiger partial charge in [0, 0.05) is 41.9 Å². The third-order valence-corrected chi connectivity index (χ3v) is 5.32. The molecule has 4 rings (SSSR count). The first-order chi connectivity index (χ1) is 17.5. The molecular weight excluding hydrogens is 460 g/mol. The number of phenols is 1. The molecule has 1 heterocycles. The van der Waals surface area contributed by atoms with Gasteiger partial charge >= 0.3 is 0 Å². The van der Waals surface area contributed by atoms with Crippen molar-refractivity contribution >= 4 is 28.9 Å². The summed E-state index contributed by atoms with van der Waals surface area (Å²) in [6.45, 7) is 1.05. The molecule has 1 aromatic heterocycles. The molecule has 0 atom stereocenters. The second-order valence-corrected chi connectivity index (χ2v) is 7.89. The van der Waals surface area contributed by atoms with E-state index in [0.717, 1.165) is 16.5 Å². The number of rotatable bonds is 10. The van der Waals surface area contributed by atoms with E-state index in [2.05, 4.69) is 15.8 Å². The molecule has 0 aliphatic heterocycles. The molecule has 36 heavy (non-hydrogen) atoms. The molecule has 4 aromatic rings. The number of benzene rings is 3. The lowest BCUT2D eigenvalue weighted by Gasteiger charge is -2.06. The highest BCUT2D eigenvalue weighted by atomic mass is 16.5. The van der Waals surface area contributed by atoms with Gasteiger partial charge in [-0.2, -0.15) is 5.10 Å². The van der Waals surface area contributed by atoms with Crippen molar-refractivity contribution < 1.29 is 24.2 Å². The van der Waals surface area contributed by atoms with E-state index in [1.165, 1.54) is 12.1 Å². The van der Waals surface area contributed by atoms with Crippen LogP contribution in [0.4, 0.5) is 0 Å². The minimum Gasteiger partial charge on any atom is -0.508 e. The summed E-state index contributed by atoms with van der Waals surface area (Å²) in [6, 6.07) is 20.7. The fourth-order valence-corrected chi connectivity index (χ4v) is 3.56. The molecule has 3 aromatic carbocycles. The van der Waals surface area contributed by atoms with Crippen molar-refractivity contribution in [1.29, 1.82) is 0 Å². The van der Waals surface area contributed by atoms with Gasteiger partial charge in [0.05, 0.1) is 12.8 Å². The van der Waals surface area contributed by atoms with Crippen LogP contribution in [0.25, 0.3) is 10.9 Å². The van der Waals surface area contributed by atoms with E-state index in [1.807, 2.05) is 35.0 Å². The highest BCUT2D eigenvalue weighted by Gasteiger charge is 2.10. The number of nitrogens with one attached hydrogen (secondary N) is 2. The van der Waals surface area contributed by atoms with Crippen molar-refractivity contribution in [2.45, 2.75) is 6.54 Å². The zero-order valence-electron chi connectivity index (χ0n) is 19.7. The predicted octanol–water partition coefficient (Wildman–Crippen LogP) is 3.67. The summed E-state index contributed by atoms with van der Waals surface area (Å²) in [5.74, 6) is 0.787. The van der Waals surface area contributed by atoms with Crippen molar-refractivity contribution in [2.24, 2.45) is 5.10 Å². The molecule has 0 fully saturated rings. The quantitative estimate of drug-likeness (QED) is 0.180. The van der Waals surface area contributed by atoms with Crippen molar-refractivity contribution in [3.63, 3.8) is 0 Å². The maximum Gasteiger partial charge on any atom is 0.271 e. The third-order valence-electron chi connectivity index (χ3n) is 5.32. The molecule has 0 saturated heterocycles.